The van der Waals surface area contributed by atoms with Crippen molar-refractivity contribution in [1.29, 1.82) is 0 Å². The maximum absolute atomic E-state index is 12.4. The topological polar surface area (TPSA) is 63.7 Å². The number of hydrogen-bond acceptors (Lipinski definition) is 5. The van der Waals surface area contributed by atoms with Gasteiger partial charge in [-0.05, 0) is 18.6 Å². The van der Waals surface area contributed by atoms with E-state index in [1.807, 2.05) is 6.07 Å². The average molecular weight is 291 g/mol. The maximum atomic E-state index is 12.4. The van der Waals surface area contributed by atoms with Gasteiger partial charge in [-0.25, -0.2) is 4.98 Å². The van der Waals surface area contributed by atoms with Crippen molar-refractivity contribution >= 4 is 11.7 Å². The van der Waals surface area contributed by atoms with Crippen LogP contribution < -0.4 is 10.2 Å². The lowest BCUT2D eigenvalue weighted by atomic mass is 10.1. The fourth-order valence-corrected chi connectivity index (χ4v) is 2.68. The first-order chi connectivity index (χ1) is 10.3. The number of hydrogen-bond donors (Lipinski definition) is 1. The van der Waals surface area contributed by atoms with E-state index in [-0.39, 0.29) is 5.91 Å². The number of rotatable bonds is 4. The number of aromatic nitrogens is 1. The first kappa shape index (κ1) is 14.3. The third-order valence-corrected chi connectivity index (χ3v) is 3.92. The van der Waals surface area contributed by atoms with Crippen molar-refractivity contribution < 1.29 is 14.3 Å². The van der Waals surface area contributed by atoms with Gasteiger partial charge in [-0.2, -0.15) is 0 Å². The number of nitrogens with zero attached hydrogens (tertiary/aromatic N) is 2. The Hall–Kier alpha value is -1.66. The number of amides is 1. The first-order valence-corrected chi connectivity index (χ1v) is 7.48. The van der Waals surface area contributed by atoms with Gasteiger partial charge in [0.2, 0.25) is 0 Å². The van der Waals surface area contributed by atoms with Crippen LogP contribution in [0.25, 0.3) is 0 Å². The van der Waals surface area contributed by atoms with Gasteiger partial charge < -0.3 is 19.7 Å². The van der Waals surface area contributed by atoms with Crippen molar-refractivity contribution in [2.24, 2.45) is 5.92 Å². The fourth-order valence-electron chi connectivity index (χ4n) is 2.68. The predicted octanol–water partition coefficient (Wildman–Crippen LogP) is 0.684. The van der Waals surface area contributed by atoms with Crippen LogP contribution in [0.15, 0.2) is 18.3 Å². The summed E-state index contributed by atoms with van der Waals surface area (Å²) in [4.78, 5) is 18.9. The molecular formula is C15H21N3O3. The molecule has 1 aromatic heterocycles. The van der Waals surface area contributed by atoms with Crippen LogP contribution in [-0.4, -0.2) is 57.0 Å². The largest absolute Gasteiger partial charge is 0.381 e. The van der Waals surface area contributed by atoms with E-state index in [9.17, 15) is 4.79 Å². The summed E-state index contributed by atoms with van der Waals surface area (Å²) in [5, 5.41) is 3.00. The molecule has 0 aromatic carbocycles. The molecule has 2 fully saturated rings. The number of anilines is 1. The van der Waals surface area contributed by atoms with Gasteiger partial charge in [-0.15, -0.1) is 0 Å². The molecular weight excluding hydrogens is 270 g/mol. The lowest BCUT2D eigenvalue weighted by Crippen LogP contribution is -2.39. The Kier molecular flexibility index (Phi) is 4.67. The number of pyridine rings is 1. The average Bonchev–Trinajstić information content (AvgIpc) is 3.07. The van der Waals surface area contributed by atoms with Crippen molar-refractivity contribution in [3.8, 4) is 0 Å². The summed E-state index contributed by atoms with van der Waals surface area (Å²) in [5.74, 6) is 1.12. The van der Waals surface area contributed by atoms with Crippen molar-refractivity contribution in [3.05, 3.63) is 23.9 Å². The predicted molar refractivity (Wildman–Crippen MR) is 78.5 cm³/mol. The molecule has 0 spiro atoms. The summed E-state index contributed by atoms with van der Waals surface area (Å²) in [6.07, 6.45) is 2.75. The van der Waals surface area contributed by atoms with Crippen LogP contribution in [-0.2, 0) is 9.47 Å². The molecule has 0 bridgehead atoms. The second-order valence-electron chi connectivity index (χ2n) is 5.41. The Balaban J connectivity index is 1.66. The SMILES string of the molecule is O=C(NC[C@H]1CCOC1)c1cccnc1N1CCOCC1. The molecule has 1 aromatic rings. The Bertz CT molecular complexity index is 483. The van der Waals surface area contributed by atoms with E-state index in [1.54, 1.807) is 12.3 Å². The zero-order chi connectivity index (χ0) is 14.5. The Labute approximate surface area is 124 Å². The van der Waals surface area contributed by atoms with Gasteiger partial charge >= 0.3 is 0 Å². The van der Waals surface area contributed by atoms with Gasteiger partial charge in [-0.1, -0.05) is 0 Å². The number of carbonyl (C=O) groups is 1. The highest BCUT2D eigenvalue weighted by atomic mass is 16.5. The van der Waals surface area contributed by atoms with Crippen LogP contribution in [0.5, 0.6) is 0 Å². The molecule has 0 aliphatic carbocycles. The molecule has 6 heteroatoms. The van der Waals surface area contributed by atoms with E-state index in [4.69, 9.17) is 9.47 Å². The molecule has 2 aliphatic heterocycles. The molecule has 1 atom stereocenters. The zero-order valence-electron chi connectivity index (χ0n) is 12.1. The second-order valence-corrected chi connectivity index (χ2v) is 5.41. The van der Waals surface area contributed by atoms with Crippen molar-refractivity contribution in [2.45, 2.75) is 6.42 Å². The highest BCUT2D eigenvalue weighted by molar-refractivity contribution is 5.98. The van der Waals surface area contributed by atoms with Gasteiger partial charge in [0.05, 0.1) is 25.4 Å². The summed E-state index contributed by atoms with van der Waals surface area (Å²) in [6, 6.07) is 3.63. The molecule has 114 valence electrons. The second kappa shape index (κ2) is 6.87. The summed E-state index contributed by atoms with van der Waals surface area (Å²) >= 11 is 0. The monoisotopic (exact) mass is 291 g/mol. The van der Waals surface area contributed by atoms with E-state index >= 15 is 0 Å². The minimum absolute atomic E-state index is 0.0588. The van der Waals surface area contributed by atoms with Crippen LogP contribution in [0.4, 0.5) is 5.82 Å². The molecule has 1 amide bonds. The van der Waals surface area contributed by atoms with Gasteiger partial charge in [-0.3, -0.25) is 4.79 Å². The molecule has 2 aliphatic rings. The van der Waals surface area contributed by atoms with Crippen LogP contribution >= 0.6 is 0 Å². The normalized spacial score (nSPS) is 22.3. The minimum Gasteiger partial charge on any atom is -0.381 e. The van der Waals surface area contributed by atoms with Crippen molar-refractivity contribution in [3.63, 3.8) is 0 Å². The van der Waals surface area contributed by atoms with Crippen LogP contribution in [0.1, 0.15) is 16.8 Å². The highest BCUT2D eigenvalue weighted by Gasteiger charge is 2.21. The summed E-state index contributed by atoms with van der Waals surface area (Å²) in [6.45, 7) is 5.10. The summed E-state index contributed by atoms with van der Waals surface area (Å²) in [5.41, 5.74) is 0.637. The Morgan fingerprint density at radius 3 is 2.95 bits per heavy atom. The molecule has 3 heterocycles. The van der Waals surface area contributed by atoms with Gasteiger partial charge in [0, 0.05) is 38.4 Å². The first-order valence-electron chi connectivity index (χ1n) is 7.48. The van der Waals surface area contributed by atoms with Gasteiger partial charge in [0.25, 0.3) is 5.91 Å². The lowest BCUT2D eigenvalue weighted by Gasteiger charge is -2.29. The van der Waals surface area contributed by atoms with Crippen molar-refractivity contribution in [1.82, 2.24) is 10.3 Å². The molecule has 3 rings (SSSR count). The third-order valence-electron chi connectivity index (χ3n) is 3.92. The fraction of sp³-hybridized carbons (Fsp3) is 0.600. The molecule has 0 radical (unpaired) electrons. The molecule has 21 heavy (non-hydrogen) atoms. The molecule has 2 saturated heterocycles. The van der Waals surface area contributed by atoms with E-state index in [0.717, 1.165) is 38.5 Å². The maximum Gasteiger partial charge on any atom is 0.255 e. The van der Waals surface area contributed by atoms with E-state index < -0.39 is 0 Å². The van der Waals surface area contributed by atoms with E-state index in [0.29, 0.717) is 31.2 Å². The van der Waals surface area contributed by atoms with E-state index in [1.165, 1.54) is 0 Å². The quantitative estimate of drug-likeness (QED) is 0.884. The van der Waals surface area contributed by atoms with Crippen LogP contribution in [0.2, 0.25) is 0 Å². The van der Waals surface area contributed by atoms with Crippen LogP contribution in [0, 0.1) is 5.92 Å². The summed E-state index contributed by atoms with van der Waals surface area (Å²) in [7, 11) is 0. The number of carbonyl (C=O) groups excluding carboxylic acids is 1. The number of morpholine rings is 1. The highest BCUT2D eigenvalue weighted by Crippen LogP contribution is 2.19. The minimum atomic E-state index is -0.0588. The van der Waals surface area contributed by atoms with Crippen molar-refractivity contribution in [2.75, 3.05) is 51.0 Å². The molecule has 1 N–H and O–H groups in total. The summed E-state index contributed by atoms with van der Waals surface area (Å²) < 4.78 is 10.7. The standard InChI is InChI=1S/C15H21N3O3/c19-15(17-10-12-3-7-21-11-12)13-2-1-4-16-14(13)18-5-8-20-9-6-18/h1-2,4,12H,3,5-11H2,(H,17,19)/t12-/m1/s1. The molecule has 6 nitrogen and oxygen atoms in total. The Morgan fingerprint density at radius 1 is 1.33 bits per heavy atom. The lowest BCUT2D eigenvalue weighted by molar-refractivity contribution is 0.0943. The number of ether oxygens (including phenoxy) is 2. The Morgan fingerprint density at radius 2 is 2.19 bits per heavy atom. The molecule has 0 saturated carbocycles. The smallest absolute Gasteiger partial charge is 0.255 e. The molecule has 0 unspecified atom stereocenters. The zero-order valence-corrected chi connectivity index (χ0v) is 12.1. The van der Waals surface area contributed by atoms with Gasteiger partial charge in [0.1, 0.15) is 5.82 Å². The van der Waals surface area contributed by atoms with Crippen LogP contribution in [0.3, 0.4) is 0 Å². The van der Waals surface area contributed by atoms with E-state index in [2.05, 4.69) is 15.2 Å². The van der Waals surface area contributed by atoms with Gasteiger partial charge in [0.15, 0.2) is 0 Å². The number of nitrogens with one attached hydrogen (secondary N) is 1. The third kappa shape index (κ3) is 3.51.